The Morgan fingerprint density at radius 3 is 2.13 bits per heavy atom. The summed E-state index contributed by atoms with van der Waals surface area (Å²) in [6.45, 7) is 8.15. The number of rotatable bonds is 4. The van der Waals surface area contributed by atoms with Gasteiger partial charge in [0.25, 0.3) is 0 Å². The van der Waals surface area contributed by atoms with Crippen LogP contribution in [-0.4, -0.2) is 22.0 Å². The van der Waals surface area contributed by atoms with E-state index in [1.807, 2.05) is 60.7 Å². The molecule has 3 aromatic carbocycles. The van der Waals surface area contributed by atoms with E-state index < -0.39 is 17.7 Å². The zero-order chi connectivity index (χ0) is 27.2. The summed E-state index contributed by atoms with van der Waals surface area (Å²) >= 11 is 0. The van der Waals surface area contributed by atoms with Gasteiger partial charge < -0.3 is 4.74 Å². The van der Waals surface area contributed by atoms with E-state index in [-0.39, 0.29) is 28.7 Å². The summed E-state index contributed by atoms with van der Waals surface area (Å²) in [4.78, 5) is 18.0. The van der Waals surface area contributed by atoms with Gasteiger partial charge in [0.05, 0.1) is 29.1 Å². The highest BCUT2D eigenvalue weighted by Gasteiger charge is 2.32. The number of nitrogens with zero attached hydrogens (tertiary/aromatic N) is 2. The molecule has 7 heteroatoms. The SMILES string of the molecule is CCOC(=O)c1c2ccc(C(F)(F)F)cc2n2c(-c3ccc(C(C)(C)C)cc3)cc(-c3ccccc3)nc12. The van der Waals surface area contributed by atoms with Crippen molar-refractivity contribution in [1.29, 1.82) is 0 Å². The third-order valence-corrected chi connectivity index (χ3v) is 6.61. The molecule has 2 heterocycles. The lowest BCUT2D eigenvalue weighted by atomic mass is 9.86. The quantitative estimate of drug-likeness (QED) is 0.226. The van der Waals surface area contributed by atoms with Gasteiger partial charge in [0, 0.05) is 10.9 Å². The van der Waals surface area contributed by atoms with Crippen molar-refractivity contribution >= 4 is 22.5 Å². The molecule has 0 saturated heterocycles. The smallest absolute Gasteiger partial charge is 0.416 e. The molecule has 194 valence electrons. The van der Waals surface area contributed by atoms with Crippen LogP contribution in [0.3, 0.4) is 0 Å². The first-order valence-electron chi connectivity index (χ1n) is 12.4. The van der Waals surface area contributed by atoms with Gasteiger partial charge in [0.15, 0.2) is 5.65 Å². The third kappa shape index (κ3) is 4.53. The summed E-state index contributed by atoms with van der Waals surface area (Å²) in [5.74, 6) is -0.633. The summed E-state index contributed by atoms with van der Waals surface area (Å²) in [7, 11) is 0. The van der Waals surface area contributed by atoms with Gasteiger partial charge in [-0.15, -0.1) is 0 Å². The van der Waals surface area contributed by atoms with E-state index in [4.69, 9.17) is 9.72 Å². The lowest BCUT2D eigenvalue weighted by Gasteiger charge is -2.19. The zero-order valence-corrected chi connectivity index (χ0v) is 21.6. The minimum atomic E-state index is -4.55. The molecule has 0 aliphatic carbocycles. The Kier molecular flexibility index (Phi) is 6.25. The Morgan fingerprint density at radius 1 is 0.868 bits per heavy atom. The summed E-state index contributed by atoms with van der Waals surface area (Å²) in [6.07, 6.45) is -4.55. The number of hydrogen-bond donors (Lipinski definition) is 0. The van der Waals surface area contributed by atoms with Crippen LogP contribution in [0.15, 0.2) is 78.9 Å². The van der Waals surface area contributed by atoms with Gasteiger partial charge in [0.1, 0.15) is 5.56 Å². The highest BCUT2D eigenvalue weighted by Crippen LogP contribution is 2.38. The zero-order valence-electron chi connectivity index (χ0n) is 21.6. The van der Waals surface area contributed by atoms with Gasteiger partial charge in [0.2, 0.25) is 0 Å². The van der Waals surface area contributed by atoms with Gasteiger partial charge >= 0.3 is 12.1 Å². The van der Waals surface area contributed by atoms with E-state index in [2.05, 4.69) is 20.8 Å². The minimum absolute atomic E-state index is 0.0693. The molecule has 5 aromatic rings. The summed E-state index contributed by atoms with van der Waals surface area (Å²) in [6, 6.07) is 22.6. The van der Waals surface area contributed by atoms with Gasteiger partial charge in [-0.3, -0.25) is 4.40 Å². The van der Waals surface area contributed by atoms with E-state index in [1.54, 1.807) is 11.3 Å². The molecule has 0 fully saturated rings. The first kappa shape index (κ1) is 25.5. The molecule has 4 nitrogen and oxygen atoms in total. The number of carbonyl (C=O) groups excluding carboxylic acids is 1. The Balaban J connectivity index is 1.91. The van der Waals surface area contributed by atoms with Crippen LogP contribution in [0.5, 0.6) is 0 Å². The van der Waals surface area contributed by atoms with Crippen molar-refractivity contribution in [1.82, 2.24) is 9.38 Å². The fourth-order valence-electron chi connectivity index (χ4n) is 4.66. The molecule has 0 bridgehead atoms. The van der Waals surface area contributed by atoms with Crippen molar-refractivity contribution in [3.63, 3.8) is 0 Å². The van der Waals surface area contributed by atoms with Crippen LogP contribution in [0.1, 0.15) is 49.2 Å². The first-order chi connectivity index (χ1) is 18.0. The number of halogens is 3. The lowest BCUT2D eigenvalue weighted by molar-refractivity contribution is -0.137. The van der Waals surface area contributed by atoms with Crippen LogP contribution in [0.4, 0.5) is 13.2 Å². The van der Waals surface area contributed by atoms with E-state index in [9.17, 15) is 18.0 Å². The van der Waals surface area contributed by atoms with Gasteiger partial charge in [-0.1, -0.05) is 81.4 Å². The molecule has 0 spiro atoms. The number of alkyl halides is 3. The van der Waals surface area contributed by atoms with Gasteiger partial charge in [-0.2, -0.15) is 13.2 Å². The molecular formula is C31H27F3N2O2. The van der Waals surface area contributed by atoms with E-state index in [0.717, 1.165) is 28.8 Å². The van der Waals surface area contributed by atoms with Crippen LogP contribution < -0.4 is 0 Å². The maximum Gasteiger partial charge on any atom is 0.416 e. The fraction of sp³-hybridized carbons (Fsp3) is 0.226. The summed E-state index contributed by atoms with van der Waals surface area (Å²) in [5, 5.41) is 0.349. The maximum absolute atomic E-state index is 13.8. The van der Waals surface area contributed by atoms with Crippen LogP contribution in [0.25, 0.3) is 39.1 Å². The van der Waals surface area contributed by atoms with Gasteiger partial charge in [-0.05, 0) is 41.7 Å². The summed E-state index contributed by atoms with van der Waals surface area (Å²) in [5.41, 5.74) is 3.69. The molecule has 0 amide bonds. The van der Waals surface area contributed by atoms with Crippen molar-refractivity contribution in [2.45, 2.75) is 39.3 Å². The number of benzene rings is 3. The van der Waals surface area contributed by atoms with Crippen molar-refractivity contribution < 1.29 is 22.7 Å². The predicted octanol–water partition coefficient (Wildman–Crippen LogP) is 8.31. The average Bonchev–Trinajstić information content (AvgIpc) is 3.21. The molecule has 38 heavy (non-hydrogen) atoms. The number of esters is 1. The lowest BCUT2D eigenvalue weighted by Crippen LogP contribution is -2.10. The number of ether oxygens (including phenoxy) is 1. The van der Waals surface area contributed by atoms with Crippen LogP contribution in [0, 0.1) is 0 Å². The number of aromatic nitrogens is 2. The Morgan fingerprint density at radius 2 is 1.53 bits per heavy atom. The molecule has 0 N–H and O–H groups in total. The number of carbonyl (C=O) groups is 1. The second-order valence-corrected chi connectivity index (χ2v) is 10.2. The van der Waals surface area contributed by atoms with Crippen LogP contribution >= 0.6 is 0 Å². The van der Waals surface area contributed by atoms with Crippen molar-refractivity contribution in [2.75, 3.05) is 6.61 Å². The number of fused-ring (bicyclic) bond motifs is 3. The largest absolute Gasteiger partial charge is 0.462 e. The summed E-state index contributed by atoms with van der Waals surface area (Å²) < 4.78 is 48.2. The standard InChI is InChI=1S/C31H27F3N2O2/c1-5-38-29(37)27-23-16-15-22(31(32,33)34)17-26(23)36-25(20-11-13-21(14-12-20)30(2,3)4)18-24(35-28(27)36)19-9-7-6-8-10-19/h6-18H,5H2,1-4H3. The van der Waals surface area contributed by atoms with Crippen LogP contribution in [-0.2, 0) is 16.3 Å². The Hall–Kier alpha value is -4.13. The monoisotopic (exact) mass is 516 g/mol. The topological polar surface area (TPSA) is 43.6 Å². The normalized spacial score (nSPS) is 12.3. The van der Waals surface area contributed by atoms with E-state index in [1.165, 1.54) is 6.07 Å². The highest BCUT2D eigenvalue weighted by atomic mass is 19.4. The molecule has 0 radical (unpaired) electrons. The molecule has 5 rings (SSSR count). The predicted molar refractivity (Wildman–Crippen MR) is 143 cm³/mol. The molecule has 0 aliphatic heterocycles. The average molecular weight is 517 g/mol. The Labute approximate surface area is 218 Å². The van der Waals surface area contributed by atoms with E-state index in [0.29, 0.717) is 16.8 Å². The van der Waals surface area contributed by atoms with E-state index >= 15 is 0 Å². The van der Waals surface area contributed by atoms with Gasteiger partial charge in [-0.25, -0.2) is 9.78 Å². The van der Waals surface area contributed by atoms with Crippen molar-refractivity contribution in [2.24, 2.45) is 0 Å². The molecule has 0 aliphatic rings. The number of hydrogen-bond acceptors (Lipinski definition) is 3. The van der Waals surface area contributed by atoms with Crippen molar-refractivity contribution in [3.8, 4) is 22.5 Å². The second kappa shape index (κ2) is 9.31. The molecular weight excluding hydrogens is 489 g/mol. The highest BCUT2D eigenvalue weighted by molar-refractivity contribution is 6.11. The fourth-order valence-corrected chi connectivity index (χ4v) is 4.66. The molecule has 0 unspecified atom stereocenters. The maximum atomic E-state index is 13.8. The Bertz CT molecular complexity index is 1650. The molecule has 2 aromatic heterocycles. The minimum Gasteiger partial charge on any atom is -0.462 e. The second-order valence-electron chi connectivity index (χ2n) is 10.2. The van der Waals surface area contributed by atoms with Crippen LogP contribution in [0.2, 0.25) is 0 Å². The first-order valence-corrected chi connectivity index (χ1v) is 12.4. The molecule has 0 atom stereocenters. The molecule has 0 saturated carbocycles. The third-order valence-electron chi connectivity index (χ3n) is 6.61. The van der Waals surface area contributed by atoms with Crippen molar-refractivity contribution in [3.05, 3.63) is 95.6 Å².